The molecular formula is C11H25O8P. The lowest BCUT2D eigenvalue weighted by molar-refractivity contribution is -0.635. The number of phosphoric acid groups is 1. The van der Waals surface area contributed by atoms with Crippen molar-refractivity contribution in [2.45, 2.75) is 58.5 Å². The number of rotatable bonds is 14. The molecule has 1 atom stereocenters. The Labute approximate surface area is 119 Å². The summed E-state index contributed by atoms with van der Waals surface area (Å²) in [6, 6.07) is 0. The van der Waals surface area contributed by atoms with Gasteiger partial charge in [-0.25, -0.2) is 14.3 Å². The standard InChI is InChI=1S/C11H25O8P/c1-3-4-5-6-7-8-9-15-18-19-16-10-11(2)17-20(12,13)14/h11H,3-10H2,1-2H3,(H2,12,13,14). The van der Waals surface area contributed by atoms with E-state index in [1.54, 1.807) is 0 Å². The lowest BCUT2D eigenvalue weighted by Crippen LogP contribution is -2.15. The van der Waals surface area contributed by atoms with E-state index in [4.69, 9.17) is 9.79 Å². The van der Waals surface area contributed by atoms with Crippen LogP contribution in [0.3, 0.4) is 0 Å². The second kappa shape index (κ2) is 12.7. The van der Waals surface area contributed by atoms with Crippen molar-refractivity contribution in [1.82, 2.24) is 0 Å². The first-order chi connectivity index (χ1) is 9.45. The Morgan fingerprint density at radius 1 is 1.00 bits per heavy atom. The van der Waals surface area contributed by atoms with Gasteiger partial charge >= 0.3 is 7.82 Å². The van der Waals surface area contributed by atoms with E-state index in [1.807, 2.05) is 0 Å². The second-order valence-corrected chi connectivity index (χ2v) is 5.61. The second-order valence-electron chi connectivity index (χ2n) is 4.42. The molecule has 0 saturated heterocycles. The van der Waals surface area contributed by atoms with E-state index in [0.717, 1.165) is 12.8 Å². The van der Waals surface area contributed by atoms with Crippen LogP contribution in [0.1, 0.15) is 52.4 Å². The number of unbranched alkanes of at least 4 members (excludes halogenated alkanes) is 5. The minimum Gasteiger partial charge on any atom is -0.303 e. The molecule has 8 nitrogen and oxygen atoms in total. The molecule has 1 unspecified atom stereocenters. The first-order valence-electron chi connectivity index (χ1n) is 6.77. The molecule has 20 heavy (non-hydrogen) atoms. The van der Waals surface area contributed by atoms with Gasteiger partial charge in [-0.3, -0.25) is 4.52 Å². The van der Waals surface area contributed by atoms with Crippen molar-refractivity contribution in [2.24, 2.45) is 0 Å². The van der Waals surface area contributed by atoms with Gasteiger partial charge in [-0.2, -0.15) is 0 Å². The van der Waals surface area contributed by atoms with Crippen LogP contribution in [0.5, 0.6) is 0 Å². The van der Waals surface area contributed by atoms with E-state index in [-0.39, 0.29) is 6.61 Å². The molecule has 0 saturated carbocycles. The van der Waals surface area contributed by atoms with Gasteiger partial charge in [0.25, 0.3) is 0 Å². The van der Waals surface area contributed by atoms with Crippen molar-refractivity contribution in [1.29, 1.82) is 0 Å². The van der Waals surface area contributed by atoms with Gasteiger partial charge in [-0.1, -0.05) is 39.0 Å². The molecule has 0 aromatic carbocycles. The summed E-state index contributed by atoms with van der Waals surface area (Å²) in [4.78, 5) is 26.2. The van der Waals surface area contributed by atoms with Gasteiger partial charge in [0.05, 0.1) is 12.7 Å². The summed E-state index contributed by atoms with van der Waals surface area (Å²) in [6.45, 7) is 3.77. The molecule has 0 amide bonds. The Hall–Kier alpha value is -0.0500. The highest BCUT2D eigenvalue weighted by Gasteiger charge is 2.19. The fraction of sp³-hybridized carbons (Fsp3) is 1.00. The molecule has 0 rings (SSSR count). The summed E-state index contributed by atoms with van der Waals surface area (Å²) in [7, 11) is -4.51. The summed E-state index contributed by atoms with van der Waals surface area (Å²) >= 11 is 0. The molecule has 9 heteroatoms. The number of hydrogen-bond donors (Lipinski definition) is 2. The van der Waals surface area contributed by atoms with Crippen LogP contribution in [0.25, 0.3) is 0 Å². The smallest absolute Gasteiger partial charge is 0.303 e. The van der Waals surface area contributed by atoms with E-state index >= 15 is 0 Å². The molecule has 0 radical (unpaired) electrons. The summed E-state index contributed by atoms with van der Waals surface area (Å²) < 4.78 is 14.8. The van der Waals surface area contributed by atoms with E-state index in [0.29, 0.717) is 6.61 Å². The fourth-order valence-corrected chi connectivity index (χ4v) is 1.93. The van der Waals surface area contributed by atoms with Gasteiger partial charge in [0.2, 0.25) is 0 Å². The van der Waals surface area contributed by atoms with Crippen LogP contribution in [-0.4, -0.2) is 29.1 Å². The van der Waals surface area contributed by atoms with Gasteiger partial charge in [0, 0.05) is 0 Å². The van der Waals surface area contributed by atoms with Crippen molar-refractivity contribution >= 4 is 7.82 Å². The first-order valence-corrected chi connectivity index (χ1v) is 8.30. The Bertz CT molecular complexity index is 257. The minimum absolute atomic E-state index is 0.203. The largest absolute Gasteiger partial charge is 0.469 e. The van der Waals surface area contributed by atoms with Crippen LogP contribution in [0.15, 0.2) is 0 Å². The van der Waals surface area contributed by atoms with Gasteiger partial charge in [-0.15, -0.1) is 0 Å². The van der Waals surface area contributed by atoms with Gasteiger partial charge in [0.15, 0.2) is 0 Å². The van der Waals surface area contributed by atoms with E-state index in [2.05, 4.69) is 31.3 Å². The van der Waals surface area contributed by atoms with Gasteiger partial charge in [0.1, 0.15) is 6.61 Å². The van der Waals surface area contributed by atoms with Crippen molar-refractivity contribution in [3.63, 3.8) is 0 Å². The first kappa shape index (κ1) is 19.9. The molecule has 0 heterocycles. The highest BCUT2D eigenvalue weighted by Crippen LogP contribution is 2.37. The molecule has 0 fully saturated rings. The van der Waals surface area contributed by atoms with Gasteiger partial charge in [-0.05, 0) is 23.4 Å². The SMILES string of the molecule is CCCCCCCCOOOOCC(C)OP(=O)(O)O. The predicted molar refractivity (Wildman–Crippen MR) is 70.0 cm³/mol. The van der Waals surface area contributed by atoms with Crippen molar-refractivity contribution in [3.05, 3.63) is 0 Å². The van der Waals surface area contributed by atoms with Crippen molar-refractivity contribution in [3.8, 4) is 0 Å². The van der Waals surface area contributed by atoms with E-state index < -0.39 is 13.9 Å². The highest BCUT2D eigenvalue weighted by molar-refractivity contribution is 7.46. The number of phosphoric ester groups is 1. The molecule has 0 spiro atoms. The van der Waals surface area contributed by atoms with Crippen molar-refractivity contribution in [2.75, 3.05) is 13.2 Å². The third kappa shape index (κ3) is 16.0. The van der Waals surface area contributed by atoms with Crippen LogP contribution in [0, 0.1) is 0 Å². The summed E-state index contributed by atoms with van der Waals surface area (Å²) in [5.41, 5.74) is 0. The summed E-state index contributed by atoms with van der Waals surface area (Å²) in [6.07, 6.45) is 5.97. The Morgan fingerprint density at radius 3 is 2.25 bits per heavy atom. The summed E-state index contributed by atoms with van der Waals surface area (Å²) in [5, 5.41) is 8.48. The topological polar surface area (TPSA) is 104 Å². The van der Waals surface area contributed by atoms with E-state index in [1.165, 1.54) is 32.6 Å². The average Bonchev–Trinajstić information content (AvgIpc) is 2.34. The van der Waals surface area contributed by atoms with Crippen LogP contribution in [0.4, 0.5) is 0 Å². The molecular weight excluding hydrogens is 291 g/mol. The maximum absolute atomic E-state index is 10.5. The van der Waals surface area contributed by atoms with Crippen LogP contribution < -0.4 is 0 Å². The molecule has 0 aromatic rings. The minimum atomic E-state index is -4.51. The third-order valence-corrected chi connectivity index (χ3v) is 2.96. The zero-order valence-corrected chi connectivity index (χ0v) is 12.9. The summed E-state index contributed by atoms with van der Waals surface area (Å²) in [5.74, 6) is 0. The molecule has 0 bridgehead atoms. The Morgan fingerprint density at radius 2 is 1.60 bits per heavy atom. The van der Waals surface area contributed by atoms with Crippen LogP contribution >= 0.6 is 7.82 Å². The van der Waals surface area contributed by atoms with Crippen LogP contribution in [-0.2, 0) is 28.9 Å². The molecule has 0 aliphatic rings. The maximum Gasteiger partial charge on any atom is 0.469 e. The molecule has 0 aliphatic heterocycles. The molecule has 0 aromatic heterocycles. The third-order valence-electron chi connectivity index (χ3n) is 2.33. The predicted octanol–water partition coefficient (Wildman–Crippen LogP) is 2.66. The highest BCUT2D eigenvalue weighted by atomic mass is 31.2. The molecule has 122 valence electrons. The molecule has 0 aliphatic carbocycles. The monoisotopic (exact) mass is 316 g/mol. The fourth-order valence-electron chi connectivity index (χ4n) is 1.40. The van der Waals surface area contributed by atoms with Crippen LogP contribution in [0.2, 0.25) is 0 Å². The van der Waals surface area contributed by atoms with Gasteiger partial charge < -0.3 is 9.79 Å². The number of hydrogen-bond acceptors (Lipinski definition) is 6. The zero-order chi connectivity index (χ0) is 15.3. The molecule has 2 N–H and O–H groups in total. The quantitative estimate of drug-likeness (QED) is 0.218. The zero-order valence-electron chi connectivity index (χ0n) is 12.0. The lowest BCUT2D eigenvalue weighted by Gasteiger charge is -2.11. The van der Waals surface area contributed by atoms with Crippen molar-refractivity contribution < 1.29 is 38.7 Å². The van der Waals surface area contributed by atoms with E-state index in [9.17, 15) is 4.57 Å². The lowest BCUT2D eigenvalue weighted by atomic mass is 10.1. The maximum atomic E-state index is 10.5. The Balaban J connectivity index is 3.19. The Kier molecular flexibility index (Phi) is 12.6. The average molecular weight is 316 g/mol. The normalized spacial score (nSPS) is 13.6.